The molecule has 3 nitrogen and oxygen atoms in total. The van der Waals surface area contributed by atoms with Gasteiger partial charge in [0.1, 0.15) is 25.1 Å². The lowest BCUT2D eigenvalue weighted by Crippen LogP contribution is -2.18. The number of nitrogens with zero attached hydrogens (tertiary/aromatic N) is 2. The second kappa shape index (κ2) is 4.93. The van der Waals surface area contributed by atoms with Gasteiger partial charge in [-0.2, -0.15) is 0 Å². The van der Waals surface area contributed by atoms with Crippen LogP contribution in [0.1, 0.15) is 6.92 Å². The zero-order valence-electron chi connectivity index (χ0n) is 9.45. The van der Waals surface area contributed by atoms with Gasteiger partial charge in [0.15, 0.2) is 0 Å². The maximum absolute atomic E-state index is 5.98. The zero-order chi connectivity index (χ0) is 12.9. The maximum atomic E-state index is 5.98. The molecular formula is C12H9BrI2N2O. The van der Waals surface area contributed by atoms with Crippen LogP contribution in [0.25, 0.3) is 11.4 Å². The minimum atomic E-state index is 0.137. The molecule has 0 spiro atoms. The van der Waals surface area contributed by atoms with Crippen LogP contribution in [-0.4, -0.2) is 15.7 Å². The quantitative estimate of drug-likeness (QED) is 0.475. The van der Waals surface area contributed by atoms with Crippen LogP contribution >= 0.6 is 61.1 Å². The Morgan fingerprint density at radius 2 is 2.22 bits per heavy atom. The maximum Gasteiger partial charge on any atom is 0.145 e. The molecule has 2 aromatic rings. The summed E-state index contributed by atoms with van der Waals surface area (Å²) in [6, 6.07) is 6.09. The lowest BCUT2D eigenvalue weighted by atomic mass is 10.2. The predicted molar refractivity (Wildman–Crippen MR) is 90.9 cm³/mol. The summed E-state index contributed by atoms with van der Waals surface area (Å²) in [7, 11) is 0. The Kier molecular flexibility index (Phi) is 3.61. The minimum Gasteiger partial charge on any atom is -0.488 e. The van der Waals surface area contributed by atoms with E-state index in [4.69, 9.17) is 4.74 Å². The lowest BCUT2D eigenvalue weighted by Gasteiger charge is -2.13. The Hall–Kier alpha value is 0.170. The summed E-state index contributed by atoms with van der Waals surface area (Å²) in [5.74, 6) is 1.89. The Bertz CT molecular complexity index is 627. The van der Waals surface area contributed by atoms with Crippen molar-refractivity contribution in [3.8, 4) is 17.1 Å². The SMILES string of the molecule is CC1Cn2c(nc(I)c2I)-c2ccc(Br)cc2O1. The normalized spacial score (nSPS) is 17.7. The molecule has 3 rings (SSSR count). The molecule has 0 saturated carbocycles. The van der Waals surface area contributed by atoms with Crippen LogP contribution in [0.2, 0.25) is 0 Å². The average Bonchev–Trinajstić information content (AvgIpc) is 2.51. The van der Waals surface area contributed by atoms with Gasteiger partial charge in [-0.05, 0) is 70.3 Å². The Morgan fingerprint density at radius 3 is 3.00 bits per heavy atom. The molecule has 0 fully saturated rings. The van der Waals surface area contributed by atoms with E-state index in [0.717, 1.165) is 31.9 Å². The van der Waals surface area contributed by atoms with Gasteiger partial charge < -0.3 is 9.30 Å². The molecule has 1 unspecified atom stereocenters. The lowest BCUT2D eigenvalue weighted by molar-refractivity contribution is 0.205. The van der Waals surface area contributed by atoms with Crippen molar-refractivity contribution in [1.82, 2.24) is 9.55 Å². The van der Waals surface area contributed by atoms with Crippen molar-refractivity contribution in [2.24, 2.45) is 0 Å². The first-order valence-corrected chi connectivity index (χ1v) is 8.39. The first kappa shape index (κ1) is 13.2. The summed E-state index contributed by atoms with van der Waals surface area (Å²) in [4.78, 5) is 4.66. The topological polar surface area (TPSA) is 27.1 Å². The minimum absolute atomic E-state index is 0.137. The molecule has 0 amide bonds. The van der Waals surface area contributed by atoms with Crippen LogP contribution in [0.4, 0.5) is 0 Å². The van der Waals surface area contributed by atoms with E-state index in [-0.39, 0.29) is 6.10 Å². The molecule has 1 aliphatic heterocycles. The summed E-state index contributed by atoms with van der Waals surface area (Å²) >= 11 is 8.11. The summed E-state index contributed by atoms with van der Waals surface area (Å²) in [6.45, 7) is 2.92. The van der Waals surface area contributed by atoms with Crippen LogP contribution in [0, 0.1) is 7.40 Å². The number of imidazole rings is 1. The van der Waals surface area contributed by atoms with E-state index >= 15 is 0 Å². The molecule has 18 heavy (non-hydrogen) atoms. The molecule has 0 bridgehead atoms. The number of halogens is 3. The van der Waals surface area contributed by atoms with Gasteiger partial charge >= 0.3 is 0 Å². The largest absolute Gasteiger partial charge is 0.488 e. The van der Waals surface area contributed by atoms with Crippen LogP contribution in [0.5, 0.6) is 5.75 Å². The van der Waals surface area contributed by atoms with Gasteiger partial charge in [-0.1, -0.05) is 15.9 Å². The third-order valence-corrected chi connectivity index (χ3v) is 6.19. The summed E-state index contributed by atoms with van der Waals surface area (Å²) in [5, 5.41) is 0. The number of aromatic nitrogens is 2. The van der Waals surface area contributed by atoms with E-state index < -0.39 is 0 Å². The van der Waals surface area contributed by atoms with Crippen LogP contribution in [-0.2, 0) is 6.54 Å². The molecule has 0 N–H and O–H groups in total. The van der Waals surface area contributed by atoms with Crippen LogP contribution < -0.4 is 4.74 Å². The van der Waals surface area contributed by atoms with Crippen molar-refractivity contribution in [2.75, 3.05) is 0 Å². The van der Waals surface area contributed by atoms with E-state index in [1.807, 2.05) is 12.1 Å². The van der Waals surface area contributed by atoms with Crippen molar-refractivity contribution in [2.45, 2.75) is 19.6 Å². The van der Waals surface area contributed by atoms with Crippen LogP contribution in [0.15, 0.2) is 22.7 Å². The van der Waals surface area contributed by atoms with E-state index in [1.54, 1.807) is 0 Å². The number of hydrogen-bond donors (Lipinski definition) is 0. The number of fused-ring (bicyclic) bond motifs is 3. The molecule has 0 saturated heterocycles. The van der Waals surface area contributed by atoms with Crippen LogP contribution in [0.3, 0.4) is 0 Å². The smallest absolute Gasteiger partial charge is 0.145 e. The van der Waals surface area contributed by atoms with Gasteiger partial charge in [0.25, 0.3) is 0 Å². The Balaban J connectivity index is 2.28. The molecule has 1 atom stereocenters. The number of rotatable bonds is 0. The first-order chi connectivity index (χ1) is 8.56. The van der Waals surface area contributed by atoms with E-state index in [9.17, 15) is 0 Å². The molecule has 6 heteroatoms. The summed E-state index contributed by atoms with van der Waals surface area (Å²) in [6.07, 6.45) is 0.137. The van der Waals surface area contributed by atoms with Crippen molar-refractivity contribution in [1.29, 1.82) is 0 Å². The fraction of sp³-hybridized carbons (Fsp3) is 0.250. The molecule has 1 aliphatic rings. The number of hydrogen-bond acceptors (Lipinski definition) is 2. The second-order valence-electron chi connectivity index (χ2n) is 4.20. The van der Waals surface area contributed by atoms with Crippen molar-refractivity contribution in [3.05, 3.63) is 30.1 Å². The fourth-order valence-electron chi connectivity index (χ4n) is 2.07. The van der Waals surface area contributed by atoms with Crippen molar-refractivity contribution in [3.63, 3.8) is 0 Å². The summed E-state index contributed by atoms with van der Waals surface area (Å²) in [5.41, 5.74) is 1.06. The molecule has 1 aromatic heterocycles. The van der Waals surface area contributed by atoms with E-state index in [1.165, 1.54) is 3.70 Å². The highest BCUT2D eigenvalue weighted by Crippen LogP contribution is 2.37. The molecule has 0 aliphatic carbocycles. The van der Waals surface area contributed by atoms with E-state index in [0.29, 0.717) is 0 Å². The second-order valence-corrected chi connectivity index (χ2v) is 7.16. The molecular weight excluding hydrogens is 522 g/mol. The highest BCUT2D eigenvalue weighted by atomic mass is 127. The van der Waals surface area contributed by atoms with Crippen molar-refractivity contribution >= 4 is 61.1 Å². The molecule has 1 aromatic carbocycles. The molecule has 0 radical (unpaired) electrons. The zero-order valence-corrected chi connectivity index (χ0v) is 15.4. The van der Waals surface area contributed by atoms with Gasteiger partial charge in [0, 0.05) is 4.47 Å². The Morgan fingerprint density at radius 1 is 1.44 bits per heavy atom. The van der Waals surface area contributed by atoms with Gasteiger partial charge in [0.2, 0.25) is 0 Å². The molecule has 2 heterocycles. The highest BCUT2D eigenvalue weighted by Gasteiger charge is 2.24. The first-order valence-electron chi connectivity index (χ1n) is 5.44. The van der Waals surface area contributed by atoms with Gasteiger partial charge in [0.05, 0.1) is 12.1 Å². The third-order valence-electron chi connectivity index (χ3n) is 2.82. The van der Waals surface area contributed by atoms with Crippen molar-refractivity contribution < 1.29 is 4.74 Å². The number of ether oxygens (including phenoxy) is 1. The monoisotopic (exact) mass is 530 g/mol. The summed E-state index contributed by atoms with van der Waals surface area (Å²) < 4.78 is 11.5. The van der Waals surface area contributed by atoms with E-state index in [2.05, 4.69) is 83.7 Å². The Labute approximate surface area is 141 Å². The fourth-order valence-corrected chi connectivity index (χ4v) is 3.47. The third kappa shape index (κ3) is 2.20. The van der Waals surface area contributed by atoms with Gasteiger partial charge in [-0.3, -0.25) is 0 Å². The van der Waals surface area contributed by atoms with Gasteiger partial charge in [-0.25, -0.2) is 4.98 Å². The highest BCUT2D eigenvalue weighted by molar-refractivity contribution is 14.1. The predicted octanol–water partition coefficient (Wildman–Crippen LogP) is 4.30. The molecule has 94 valence electrons. The average molecular weight is 531 g/mol. The standard InChI is InChI=1S/C12H9BrI2N2O/c1-6-5-17-11(15)10(14)16-12(17)8-3-2-7(13)4-9(8)18-6/h2-4,6H,5H2,1H3. The number of benzene rings is 1. The van der Waals surface area contributed by atoms with Gasteiger partial charge in [-0.15, -0.1) is 0 Å².